The van der Waals surface area contributed by atoms with Crippen molar-refractivity contribution >= 4 is 15.7 Å². The minimum absolute atomic E-state index is 0.0865. The van der Waals surface area contributed by atoms with E-state index in [4.69, 9.17) is 0 Å². The topological polar surface area (TPSA) is 63.2 Å². The highest BCUT2D eigenvalue weighted by Crippen LogP contribution is 2.24. The summed E-state index contributed by atoms with van der Waals surface area (Å²) in [6, 6.07) is 5.90. The van der Waals surface area contributed by atoms with Crippen molar-refractivity contribution in [3.63, 3.8) is 0 Å². The Morgan fingerprint density at radius 1 is 1.21 bits per heavy atom. The average molecular weight is 352 g/mol. The molecule has 1 aliphatic rings. The highest BCUT2D eigenvalue weighted by atomic mass is 32.2. The molecule has 0 heterocycles. The van der Waals surface area contributed by atoms with E-state index in [0.29, 0.717) is 5.92 Å². The predicted molar refractivity (Wildman–Crippen MR) is 97.6 cm³/mol. The zero-order chi connectivity index (χ0) is 17.9. The zero-order valence-corrected chi connectivity index (χ0v) is 15.9. The van der Waals surface area contributed by atoms with Gasteiger partial charge in [0.15, 0.2) is 9.84 Å². The highest BCUT2D eigenvalue weighted by molar-refractivity contribution is 7.92. The minimum atomic E-state index is -3.53. The van der Waals surface area contributed by atoms with Crippen molar-refractivity contribution in [3.05, 3.63) is 34.9 Å². The van der Waals surface area contributed by atoms with E-state index < -0.39 is 15.1 Å². The number of sulfone groups is 1. The summed E-state index contributed by atoms with van der Waals surface area (Å²) in [5, 5.41) is 1.92. The van der Waals surface area contributed by atoms with E-state index in [9.17, 15) is 13.2 Å². The van der Waals surface area contributed by atoms with Crippen LogP contribution < -0.4 is 5.32 Å². The third-order valence-corrected chi connectivity index (χ3v) is 7.14. The molecule has 134 valence electrons. The van der Waals surface area contributed by atoms with Crippen LogP contribution in [-0.4, -0.2) is 25.6 Å². The summed E-state index contributed by atoms with van der Waals surface area (Å²) < 4.78 is 25.3. The van der Waals surface area contributed by atoms with Crippen LogP contribution >= 0.6 is 0 Å². The van der Waals surface area contributed by atoms with Crippen LogP contribution in [0.15, 0.2) is 18.2 Å². The van der Waals surface area contributed by atoms with Crippen molar-refractivity contribution in [1.29, 1.82) is 0 Å². The number of benzene rings is 1. The molecule has 0 spiro atoms. The molecule has 0 saturated heterocycles. The van der Waals surface area contributed by atoms with Crippen molar-refractivity contribution in [1.82, 2.24) is 5.32 Å². The molecule has 1 aliphatic carbocycles. The quantitative estimate of drug-likeness (QED) is 0.885. The van der Waals surface area contributed by atoms with Crippen molar-refractivity contribution in [2.75, 3.05) is 0 Å². The van der Waals surface area contributed by atoms with Gasteiger partial charge in [-0.2, -0.15) is 0 Å². The Kier molecular flexibility index (Phi) is 6.07. The van der Waals surface area contributed by atoms with E-state index in [1.54, 1.807) is 0 Å². The van der Waals surface area contributed by atoms with Crippen LogP contribution in [0.1, 0.15) is 56.2 Å². The molecule has 1 fully saturated rings. The molecule has 0 aromatic heterocycles. The minimum Gasteiger partial charge on any atom is -0.352 e. The van der Waals surface area contributed by atoms with Crippen molar-refractivity contribution in [3.8, 4) is 0 Å². The van der Waals surface area contributed by atoms with Crippen LogP contribution in [0, 0.1) is 19.8 Å². The monoisotopic (exact) mass is 351 g/mol. The average Bonchev–Trinajstić information content (AvgIpc) is 2.52. The van der Waals surface area contributed by atoms with E-state index in [1.807, 2.05) is 32.0 Å². The Morgan fingerprint density at radius 2 is 1.83 bits per heavy atom. The smallest absolute Gasteiger partial charge is 0.238 e. The third kappa shape index (κ3) is 4.82. The number of aryl methyl sites for hydroxylation is 2. The van der Waals surface area contributed by atoms with Gasteiger partial charge in [-0.15, -0.1) is 0 Å². The lowest BCUT2D eigenvalue weighted by molar-refractivity contribution is -0.121. The van der Waals surface area contributed by atoms with Gasteiger partial charge in [-0.25, -0.2) is 8.42 Å². The molecule has 1 aromatic carbocycles. The Hall–Kier alpha value is -1.36. The van der Waals surface area contributed by atoms with Crippen LogP contribution in [-0.2, 0) is 20.4 Å². The van der Waals surface area contributed by atoms with Gasteiger partial charge in [0.05, 0.1) is 5.75 Å². The number of nitrogens with one attached hydrogen (secondary N) is 1. The molecule has 1 amide bonds. The normalized spacial score (nSPS) is 22.8. The molecule has 2 rings (SSSR count). The molecule has 1 N–H and O–H groups in total. The number of carbonyl (C=O) groups excluding carboxylic acids is 1. The SMILES string of the molecule is Cc1ccc(C)c(CS(=O)(=O)[C@@H](C)C(=O)NC2CCC(C)CC2)c1. The van der Waals surface area contributed by atoms with Crippen molar-refractivity contribution in [2.45, 2.75) is 70.4 Å². The maximum absolute atomic E-state index is 12.6. The molecule has 0 aliphatic heterocycles. The fourth-order valence-electron chi connectivity index (χ4n) is 3.18. The molecule has 0 bridgehead atoms. The molecule has 1 atom stereocenters. The van der Waals surface area contributed by atoms with Crippen LogP contribution in [0.25, 0.3) is 0 Å². The van der Waals surface area contributed by atoms with E-state index >= 15 is 0 Å². The number of hydrogen-bond acceptors (Lipinski definition) is 3. The Labute approximate surface area is 146 Å². The van der Waals surface area contributed by atoms with Gasteiger partial charge in [-0.1, -0.05) is 30.7 Å². The standard InChI is InChI=1S/C19H29NO3S/c1-13-6-9-18(10-7-13)20-19(21)16(4)24(22,23)12-17-11-14(2)5-8-15(17)3/h5,8,11,13,16,18H,6-7,9-10,12H2,1-4H3,(H,20,21)/t13?,16-,18?/m0/s1. The van der Waals surface area contributed by atoms with E-state index in [0.717, 1.165) is 42.4 Å². The largest absolute Gasteiger partial charge is 0.352 e. The Bertz CT molecular complexity index is 689. The summed E-state index contributed by atoms with van der Waals surface area (Å²) >= 11 is 0. The van der Waals surface area contributed by atoms with Gasteiger partial charge in [0, 0.05) is 6.04 Å². The lowest BCUT2D eigenvalue weighted by Crippen LogP contribution is -2.44. The molecule has 0 radical (unpaired) electrons. The first kappa shape index (κ1) is 19.0. The molecular formula is C19H29NO3S. The fourth-order valence-corrected chi connectivity index (χ4v) is 4.57. The molecule has 0 unspecified atom stereocenters. The number of carbonyl (C=O) groups is 1. The summed E-state index contributed by atoms with van der Waals surface area (Å²) in [7, 11) is -3.53. The van der Waals surface area contributed by atoms with Gasteiger partial charge in [-0.05, 0) is 63.5 Å². The predicted octanol–water partition coefficient (Wildman–Crippen LogP) is 3.30. The molecular weight excluding hydrogens is 322 g/mol. The Morgan fingerprint density at radius 3 is 2.46 bits per heavy atom. The second-order valence-corrected chi connectivity index (χ2v) is 9.67. The van der Waals surface area contributed by atoms with Gasteiger partial charge in [-0.3, -0.25) is 4.79 Å². The van der Waals surface area contributed by atoms with Crippen LogP contribution in [0.4, 0.5) is 0 Å². The highest BCUT2D eigenvalue weighted by Gasteiger charge is 2.30. The van der Waals surface area contributed by atoms with Crippen molar-refractivity contribution in [2.24, 2.45) is 5.92 Å². The first-order valence-corrected chi connectivity index (χ1v) is 10.5. The summed E-state index contributed by atoms with van der Waals surface area (Å²) in [6.45, 7) is 7.56. The van der Waals surface area contributed by atoms with E-state index in [-0.39, 0.29) is 17.7 Å². The Balaban J connectivity index is 2.02. The first-order valence-electron chi connectivity index (χ1n) is 8.77. The lowest BCUT2D eigenvalue weighted by Gasteiger charge is -2.28. The van der Waals surface area contributed by atoms with Crippen LogP contribution in [0.3, 0.4) is 0 Å². The fraction of sp³-hybridized carbons (Fsp3) is 0.632. The van der Waals surface area contributed by atoms with Gasteiger partial charge in [0.2, 0.25) is 5.91 Å². The van der Waals surface area contributed by atoms with Gasteiger partial charge >= 0.3 is 0 Å². The number of rotatable bonds is 5. The van der Waals surface area contributed by atoms with Crippen LogP contribution in [0.2, 0.25) is 0 Å². The van der Waals surface area contributed by atoms with Crippen LogP contribution in [0.5, 0.6) is 0 Å². The molecule has 1 saturated carbocycles. The second-order valence-electron chi connectivity index (χ2n) is 7.34. The lowest BCUT2D eigenvalue weighted by atomic mass is 9.87. The molecule has 1 aromatic rings. The molecule has 4 nitrogen and oxygen atoms in total. The maximum Gasteiger partial charge on any atom is 0.238 e. The van der Waals surface area contributed by atoms with Gasteiger partial charge in [0.25, 0.3) is 0 Å². The summed E-state index contributed by atoms with van der Waals surface area (Å²) in [4.78, 5) is 12.4. The zero-order valence-electron chi connectivity index (χ0n) is 15.1. The van der Waals surface area contributed by atoms with E-state index in [2.05, 4.69) is 12.2 Å². The summed E-state index contributed by atoms with van der Waals surface area (Å²) in [5.41, 5.74) is 2.75. The van der Waals surface area contributed by atoms with Gasteiger partial charge < -0.3 is 5.32 Å². The maximum atomic E-state index is 12.6. The van der Waals surface area contributed by atoms with E-state index in [1.165, 1.54) is 6.92 Å². The van der Waals surface area contributed by atoms with Crippen molar-refractivity contribution < 1.29 is 13.2 Å². The summed E-state index contributed by atoms with van der Waals surface area (Å²) in [6.07, 6.45) is 4.07. The van der Waals surface area contributed by atoms with Gasteiger partial charge in [0.1, 0.15) is 5.25 Å². The third-order valence-electron chi connectivity index (χ3n) is 5.13. The molecule has 5 heteroatoms. The summed E-state index contributed by atoms with van der Waals surface area (Å²) in [5.74, 6) is 0.250. The first-order chi connectivity index (χ1) is 11.2. The second kappa shape index (κ2) is 7.68. The molecule has 24 heavy (non-hydrogen) atoms. The number of hydrogen-bond donors (Lipinski definition) is 1. The number of amides is 1.